The normalized spacial score (nSPS) is 10.7. The molecular formula is C15H12ClN3S. The summed E-state index contributed by atoms with van der Waals surface area (Å²) in [5.41, 5.74) is 1.00. The molecule has 3 nitrogen and oxygen atoms in total. The Bertz CT molecular complexity index is 756. The van der Waals surface area contributed by atoms with Crippen LogP contribution in [0.15, 0.2) is 53.7 Å². The Hall–Kier alpha value is -1.78. The molecule has 20 heavy (non-hydrogen) atoms. The second-order valence-corrected chi connectivity index (χ2v) is 5.37. The topological polar surface area (TPSA) is 37.8 Å². The third-order valence-corrected chi connectivity index (χ3v) is 3.65. The van der Waals surface area contributed by atoms with Crippen molar-refractivity contribution < 1.29 is 0 Å². The lowest BCUT2D eigenvalue weighted by Gasteiger charge is -2.10. The van der Waals surface area contributed by atoms with Gasteiger partial charge in [0.2, 0.25) is 0 Å². The zero-order chi connectivity index (χ0) is 13.9. The summed E-state index contributed by atoms with van der Waals surface area (Å²) in [6, 6.07) is 16.1. The molecule has 0 amide bonds. The lowest BCUT2D eigenvalue weighted by atomic mass is 10.1. The van der Waals surface area contributed by atoms with Crippen molar-refractivity contribution in [2.75, 3.05) is 11.6 Å². The summed E-state index contributed by atoms with van der Waals surface area (Å²) in [6.07, 6.45) is 1.92. The highest BCUT2D eigenvalue weighted by Gasteiger charge is 2.05. The Morgan fingerprint density at radius 1 is 1.05 bits per heavy atom. The van der Waals surface area contributed by atoms with Gasteiger partial charge in [-0.05, 0) is 17.7 Å². The van der Waals surface area contributed by atoms with Crippen molar-refractivity contribution in [2.45, 2.75) is 5.16 Å². The van der Waals surface area contributed by atoms with Crippen LogP contribution < -0.4 is 5.32 Å². The summed E-state index contributed by atoms with van der Waals surface area (Å²) in [5, 5.41) is 6.74. The molecule has 0 bridgehead atoms. The molecule has 0 fully saturated rings. The van der Waals surface area contributed by atoms with E-state index in [2.05, 4.69) is 33.5 Å². The summed E-state index contributed by atoms with van der Waals surface area (Å²) in [6.45, 7) is 0. The summed E-state index contributed by atoms with van der Waals surface area (Å²) in [7, 11) is 0. The van der Waals surface area contributed by atoms with Crippen molar-refractivity contribution in [3.8, 4) is 0 Å². The van der Waals surface area contributed by atoms with Crippen LogP contribution in [0.2, 0.25) is 5.15 Å². The number of aromatic nitrogens is 2. The van der Waals surface area contributed by atoms with E-state index in [9.17, 15) is 0 Å². The molecule has 0 aliphatic rings. The van der Waals surface area contributed by atoms with Crippen molar-refractivity contribution in [2.24, 2.45) is 0 Å². The van der Waals surface area contributed by atoms with Gasteiger partial charge in [0.15, 0.2) is 5.16 Å². The van der Waals surface area contributed by atoms with Gasteiger partial charge in [-0.15, -0.1) is 0 Å². The molecule has 0 unspecified atom stereocenters. The fraction of sp³-hybridized carbons (Fsp3) is 0.0667. The minimum Gasteiger partial charge on any atom is -0.340 e. The maximum absolute atomic E-state index is 6.01. The van der Waals surface area contributed by atoms with Crippen LogP contribution in [0.3, 0.4) is 0 Å². The Balaban J connectivity index is 2.03. The molecule has 1 aromatic heterocycles. The number of thioether (sulfide) groups is 1. The number of rotatable bonds is 3. The second kappa shape index (κ2) is 5.69. The van der Waals surface area contributed by atoms with Crippen molar-refractivity contribution >= 4 is 45.6 Å². The maximum Gasteiger partial charge on any atom is 0.190 e. The van der Waals surface area contributed by atoms with E-state index in [1.807, 2.05) is 30.5 Å². The van der Waals surface area contributed by atoms with E-state index < -0.39 is 0 Å². The number of benzene rings is 2. The maximum atomic E-state index is 6.01. The quantitative estimate of drug-likeness (QED) is 0.430. The molecule has 3 rings (SSSR count). The number of halogens is 1. The molecular weight excluding hydrogens is 290 g/mol. The minimum absolute atomic E-state index is 0.437. The molecule has 100 valence electrons. The average Bonchev–Trinajstić information content (AvgIpc) is 2.47. The van der Waals surface area contributed by atoms with Gasteiger partial charge in [-0.1, -0.05) is 59.8 Å². The van der Waals surface area contributed by atoms with E-state index in [1.54, 1.807) is 6.07 Å². The fourth-order valence-electron chi connectivity index (χ4n) is 2.02. The predicted octanol–water partition coefficient (Wildman–Crippen LogP) is 4.75. The summed E-state index contributed by atoms with van der Waals surface area (Å²) < 4.78 is 0. The molecule has 2 aromatic carbocycles. The Morgan fingerprint density at radius 3 is 2.70 bits per heavy atom. The molecule has 0 saturated carbocycles. The first kappa shape index (κ1) is 13.2. The summed E-state index contributed by atoms with van der Waals surface area (Å²) >= 11 is 7.47. The molecule has 0 atom stereocenters. The molecule has 1 N–H and O–H groups in total. The highest BCUT2D eigenvalue weighted by atomic mass is 35.5. The molecule has 3 aromatic rings. The largest absolute Gasteiger partial charge is 0.340 e. The van der Waals surface area contributed by atoms with Crippen LogP contribution in [0.4, 0.5) is 11.5 Å². The van der Waals surface area contributed by atoms with Gasteiger partial charge >= 0.3 is 0 Å². The fourth-order valence-corrected chi connectivity index (χ4v) is 2.64. The van der Waals surface area contributed by atoms with Gasteiger partial charge in [0.25, 0.3) is 0 Å². The van der Waals surface area contributed by atoms with Crippen LogP contribution in [0.25, 0.3) is 10.8 Å². The highest BCUT2D eigenvalue weighted by Crippen LogP contribution is 2.27. The number of hydrogen-bond acceptors (Lipinski definition) is 4. The molecule has 0 aliphatic carbocycles. The number of nitrogens with zero attached hydrogens (tertiary/aromatic N) is 2. The van der Waals surface area contributed by atoms with E-state index >= 15 is 0 Å². The van der Waals surface area contributed by atoms with Gasteiger partial charge in [0.1, 0.15) is 11.0 Å². The zero-order valence-electron chi connectivity index (χ0n) is 10.8. The molecule has 0 saturated heterocycles. The Morgan fingerprint density at radius 2 is 1.85 bits per heavy atom. The van der Waals surface area contributed by atoms with Gasteiger partial charge < -0.3 is 5.32 Å². The zero-order valence-corrected chi connectivity index (χ0v) is 12.4. The molecule has 1 heterocycles. The van der Waals surface area contributed by atoms with Crippen LogP contribution in [-0.2, 0) is 0 Å². The lowest BCUT2D eigenvalue weighted by molar-refractivity contribution is 0.976. The number of nitrogens with one attached hydrogen (secondary N) is 1. The molecule has 0 aliphatic heterocycles. The first-order valence-electron chi connectivity index (χ1n) is 6.09. The van der Waals surface area contributed by atoms with Crippen LogP contribution in [0.5, 0.6) is 0 Å². The highest BCUT2D eigenvalue weighted by molar-refractivity contribution is 7.98. The average molecular weight is 302 g/mol. The van der Waals surface area contributed by atoms with Crippen LogP contribution in [-0.4, -0.2) is 16.2 Å². The first-order chi connectivity index (χ1) is 9.76. The van der Waals surface area contributed by atoms with Gasteiger partial charge in [0.05, 0.1) is 0 Å². The molecule has 5 heteroatoms. The number of hydrogen-bond donors (Lipinski definition) is 1. The molecule has 0 radical (unpaired) electrons. The SMILES string of the molecule is CSc1nc(Cl)cc(Nc2cccc3ccccc23)n1. The van der Waals surface area contributed by atoms with Crippen LogP contribution in [0.1, 0.15) is 0 Å². The van der Waals surface area contributed by atoms with Gasteiger partial charge in [-0.3, -0.25) is 0 Å². The Labute approximate surface area is 126 Å². The van der Waals surface area contributed by atoms with Crippen molar-refractivity contribution in [1.29, 1.82) is 0 Å². The van der Waals surface area contributed by atoms with Gasteiger partial charge in [-0.2, -0.15) is 0 Å². The van der Waals surface area contributed by atoms with E-state index in [-0.39, 0.29) is 0 Å². The number of fused-ring (bicyclic) bond motifs is 1. The molecule has 0 spiro atoms. The van der Waals surface area contributed by atoms with Crippen molar-refractivity contribution in [3.63, 3.8) is 0 Å². The smallest absolute Gasteiger partial charge is 0.190 e. The van der Waals surface area contributed by atoms with Gasteiger partial charge in [-0.25, -0.2) is 9.97 Å². The summed E-state index contributed by atoms with van der Waals surface area (Å²) in [5.74, 6) is 0.700. The monoisotopic (exact) mass is 301 g/mol. The van der Waals surface area contributed by atoms with E-state index in [0.29, 0.717) is 16.1 Å². The van der Waals surface area contributed by atoms with E-state index in [4.69, 9.17) is 11.6 Å². The van der Waals surface area contributed by atoms with E-state index in [1.165, 1.54) is 17.1 Å². The Kier molecular flexibility index (Phi) is 3.76. The summed E-state index contributed by atoms with van der Waals surface area (Å²) in [4.78, 5) is 8.54. The third kappa shape index (κ3) is 2.71. The van der Waals surface area contributed by atoms with Gasteiger partial charge in [0, 0.05) is 17.1 Å². The lowest BCUT2D eigenvalue weighted by Crippen LogP contribution is -1.97. The third-order valence-electron chi connectivity index (χ3n) is 2.91. The van der Waals surface area contributed by atoms with Crippen LogP contribution >= 0.6 is 23.4 Å². The van der Waals surface area contributed by atoms with Crippen molar-refractivity contribution in [1.82, 2.24) is 9.97 Å². The minimum atomic E-state index is 0.437. The van der Waals surface area contributed by atoms with E-state index in [0.717, 1.165) is 11.1 Å². The van der Waals surface area contributed by atoms with Crippen LogP contribution in [0, 0.1) is 0 Å². The first-order valence-corrected chi connectivity index (χ1v) is 7.70. The predicted molar refractivity (Wildman–Crippen MR) is 86.1 cm³/mol. The number of anilines is 2. The van der Waals surface area contributed by atoms with Crippen molar-refractivity contribution in [3.05, 3.63) is 53.7 Å². The standard InChI is InChI=1S/C15H12ClN3S/c1-20-15-18-13(16)9-14(19-15)17-12-8-4-6-10-5-2-3-7-11(10)12/h2-9H,1H3,(H,17,18,19). The second-order valence-electron chi connectivity index (χ2n) is 4.21.